The molecule has 5 heteroatoms. The topological polar surface area (TPSA) is 58.1 Å². The molecule has 0 fully saturated rings. The molecule has 118 valence electrons. The molecule has 0 aliphatic rings. The Morgan fingerprint density at radius 1 is 1.19 bits per heavy atom. The van der Waals surface area contributed by atoms with E-state index < -0.39 is 0 Å². The summed E-state index contributed by atoms with van der Waals surface area (Å²) in [6.45, 7) is 10.8. The number of carbonyl (C=O) groups excluding carboxylic acids is 1. The van der Waals surface area contributed by atoms with Crippen LogP contribution >= 0.6 is 0 Å². The quantitative estimate of drug-likeness (QED) is 0.759. The summed E-state index contributed by atoms with van der Waals surface area (Å²) in [7, 11) is 0. The fourth-order valence-electron chi connectivity index (χ4n) is 2.17. The standard InChI is InChI=1S/C16H28N4O/c1-5-11-17-15-10-9-14(18-19-15)16(21)20(8-4)12-13(6-2)7-3/h9-10,13H,5-8,11-12H2,1-4H3,(H,17,19). The van der Waals surface area contributed by atoms with Gasteiger partial charge in [0, 0.05) is 19.6 Å². The Hall–Kier alpha value is -1.65. The summed E-state index contributed by atoms with van der Waals surface area (Å²) in [4.78, 5) is 14.3. The molecule has 0 atom stereocenters. The number of amides is 1. The Morgan fingerprint density at radius 3 is 2.38 bits per heavy atom. The minimum atomic E-state index is -0.0288. The number of carbonyl (C=O) groups is 1. The lowest BCUT2D eigenvalue weighted by Gasteiger charge is -2.25. The lowest BCUT2D eigenvalue weighted by atomic mass is 10.0. The van der Waals surface area contributed by atoms with E-state index in [-0.39, 0.29) is 5.91 Å². The average molecular weight is 292 g/mol. The first-order valence-corrected chi connectivity index (χ1v) is 8.02. The van der Waals surface area contributed by atoms with Crippen molar-refractivity contribution in [1.29, 1.82) is 0 Å². The van der Waals surface area contributed by atoms with Crippen molar-refractivity contribution in [2.75, 3.05) is 25.0 Å². The van der Waals surface area contributed by atoms with Gasteiger partial charge in [-0.05, 0) is 31.4 Å². The lowest BCUT2D eigenvalue weighted by molar-refractivity contribution is 0.0728. The van der Waals surface area contributed by atoms with E-state index in [0.29, 0.717) is 18.2 Å². The van der Waals surface area contributed by atoms with Crippen LogP contribution in [0.3, 0.4) is 0 Å². The number of nitrogens with zero attached hydrogens (tertiary/aromatic N) is 3. The summed E-state index contributed by atoms with van der Waals surface area (Å²) in [5, 5.41) is 11.3. The van der Waals surface area contributed by atoms with Gasteiger partial charge in [0.1, 0.15) is 5.82 Å². The van der Waals surface area contributed by atoms with E-state index in [4.69, 9.17) is 0 Å². The van der Waals surface area contributed by atoms with Gasteiger partial charge in [0.15, 0.2) is 5.69 Å². The van der Waals surface area contributed by atoms with Gasteiger partial charge in [-0.3, -0.25) is 4.79 Å². The molecule has 0 unspecified atom stereocenters. The Balaban J connectivity index is 2.71. The van der Waals surface area contributed by atoms with Crippen molar-refractivity contribution in [1.82, 2.24) is 15.1 Å². The number of aromatic nitrogens is 2. The van der Waals surface area contributed by atoms with Crippen LogP contribution < -0.4 is 5.32 Å². The van der Waals surface area contributed by atoms with E-state index in [1.807, 2.05) is 17.9 Å². The van der Waals surface area contributed by atoms with E-state index in [9.17, 15) is 4.79 Å². The third-order valence-electron chi connectivity index (χ3n) is 3.74. The smallest absolute Gasteiger partial charge is 0.274 e. The second-order valence-corrected chi connectivity index (χ2v) is 5.26. The van der Waals surface area contributed by atoms with E-state index in [1.165, 1.54) is 0 Å². The van der Waals surface area contributed by atoms with Crippen LogP contribution in [0.2, 0.25) is 0 Å². The van der Waals surface area contributed by atoms with Gasteiger partial charge in [0.25, 0.3) is 5.91 Å². The second kappa shape index (κ2) is 9.32. The molecular weight excluding hydrogens is 264 g/mol. The monoisotopic (exact) mass is 292 g/mol. The molecular formula is C16H28N4O. The first-order valence-electron chi connectivity index (χ1n) is 8.02. The zero-order valence-electron chi connectivity index (χ0n) is 13.7. The molecule has 0 aliphatic carbocycles. The van der Waals surface area contributed by atoms with Crippen molar-refractivity contribution < 1.29 is 4.79 Å². The molecule has 5 nitrogen and oxygen atoms in total. The maximum absolute atomic E-state index is 12.5. The van der Waals surface area contributed by atoms with Crippen molar-refractivity contribution in [2.45, 2.75) is 47.0 Å². The molecule has 0 saturated heterocycles. The van der Waals surface area contributed by atoms with E-state index in [1.54, 1.807) is 6.07 Å². The molecule has 1 aromatic heterocycles. The van der Waals surface area contributed by atoms with Gasteiger partial charge in [-0.1, -0.05) is 33.6 Å². The van der Waals surface area contributed by atoms with E-state index in [2.05, 4.69) is 36.3 Å². The summed E-state index contributed by atoms with van der Waals surface area (Å²) in [5.74, 6) is 1.24. The molecule has 1 heterocycles. The van der Waals surface area contributed by atoms with Gasteiger partial charge in [-0.2, -0.15) is 0 Å². The highest BCUT2D eigenvalue weighted by Crippen LogP contribution is 2.12. The van der Waals surface area contributed by atoms with Crippen LogP contribution in [0, 0.1) is 5.92 Å². The molecule has 1 amide bonds. The first kappa shape index (κ1) is 17.4. The summed E-state index contributed by atoms with van der Waals surface area (Å²) >= 11 is 0. The summed E-state index contributed by atoms with van der Waals surface area (Å²) < 4.78 is 0. The minimum Gasteiger partial charge on any atom is -0.369 e. The molecule has 1 aromatic rings. The highest BCUT2D eigenvalue weighted by molar-refractivity contribution is 5.92. The molecule has 1 rings (SSSR count). The Labute approximate surface area is 128 Å². The predicted octanol–water partition coefficient (Wildman–Crippen LogP) is 3.20. The molecule has 0 radical (unpaired) electrons. The maximum atomic E-state index is 12.5. The van der Waals surface area contributed by atoms with Crippen molar-refractivity contribution in [3.63, 3.8) is 0 Å². The molecule has 0 aromatic carbocycles. The Kier molecular flexibility index (Phi) is 7.72. The zero-order valence-corrected chi connectivity index (χ0v) is 13.7. The lowest BCUT2D eigenvalue weighted by Crippen LogP contribution is -2.35. The largest absolute Gasteiger partial charge is 0.369 e. The second-order valence-electron chi connectivity index (χ2n) is 5.26. The van der Waals surface area contributed by atoms with Gasteiger partial charge in [0.2, 0.25) is 0 Å². The van der Waals surface area contributed by atoms with Crippen molar-refractivity contribution >= 4 is 11.7 Å². The van der Waals surface area contributed by atoms with Crippen molar-refractivity contribution in [3.05, 3.63) is 17.8 Å². The predicted molar refractivity (Wildman–Crippen MR) is 86.5 cm³/mol. The fourth-order valence-corrected chi connectivity index (χ4v) is 2.17. The SMILES string of the molecule is CCCNc1ccc(C(=O)N(CC)CC(CC)CC)nn1. The number of hydrogen-bond donors (Lipinski definition) is 1. The van der Waals surface area contributed by atoms with Crippen molar-refractivity contribution in [3.8, 4) is 0 Å². The van der Waals surface area contributed by atoms with Crippen LogP contribution in [-0.2, 0) is 0 Å². The summed E-state index contributed by atoms with van der Waals surface area (Å²) in [6, 6.07) is 3.57. The number of anilines is 1. The fraction of sp³-hybridized carbons (Fsp3) is 0.688. The van der Waals surface area contributed by atoms with Gasteiger partial charge in [-0.25, -0.2) is 0 Å². The maximum Gasteiger partial charge on any atom is 0.274 e. The normalized spacial score (nSPS) is 10.7. The van der Waals surface area contributed by atoms with Gasteiger partial charge < -0.3 is 10.2 Å². The minimum absolute atomic E-state index is 0.0288. The van der Waals surface area contributed by atoms with Crippen LogP contribution in [0.4, 0.5) is 5.82 Å². The van der Waals surface area contributed by atoms with Gasteiger partial charge >= 0.3 is 0 Å². The molecule has 1 N–H and O–H groups in total. The van der Waals surface area contributed by atoms with Gasteiger partial charge in [-0.15, -0.1) is 10.2 Å². The first-order chi connectivity index (χ1) is 10.2. The Morgan fingerprint density at radius 2 is 1.90 bits per heavy atom. The van der Waals surface area contributed by atoms with Crippen LogP contribution in [0.25, 0.3) is 0 Å². The molecule has 0 bridgehead atoms. The van der Waals surface area contributed by atoms with Crippen molar-refractivity contribution in [2.24, 2.45) is 5.92 Å². The zero-order chi connectivity index (χ0) is 15.7. The molecule has 0 aliphatic heterocycles. The van der Waals surface area contributed by atoms with Crippen LogP contribution in [0.1, 0.15) is 57.4 Å². The van der Waals surface area contributed by atoms with Gasteiger partial charge in [0.05, 0.1) is 0 Å². The van der Waals surface area contributed by atoms with Crippen LogP contribution in [0.15, 0.2) is 12.1 Å². The van der Waals surface area contributed by atoms with E-state index in [0.717, 1.165) is 38.2 Å². The van der Waals surface area contributed by atoms with Crippen LogP contribution in [0.5, 0.6) is 0 Å². The molecule has 21 heavy (non-hydrogen) atoms. The third kappa shape index (κ3) is 5.33. The summed E-state index contributed by atoms with van der Waals surface area (Å²) in [5.41, 5.74) is 0.421. The average Bonchev–Trinajstić information content (AvgIpc) is 2.54. The third-order valence-corrected chi connectivity index (χ3v) is 3.74. The van der Waals surface area contributed by atoms with E-state index >= 15 is 0 Å². The number of rotatable bonds is 9. The highest BCUT2D eigenvalue weighted by atomic mass is 16.2. The van der Waals surface area contributed by atoms with Crippen LogP contribution in [-0.4, -0.2) is 40.6 Å². The number of nitrogens with one attached hydrogen (secondary N) is 1. The number of hydrogen-bond acceptors (Lipinski definition) is 4. The summed E-state index contributed by atoms with van der Waals surface area (Å²) in [6.07, 6.45) is 3.21. The molecule has 0 saturated carbocycles. The molecule has 0 spiro atoms. The Bertz CT molecular complexity index is 415. The highest BCUT2D eigenvalue weighted by Gasteiger charge is 2.18.